The van der Waals surface area contributed by atoms with Gasteiger partial charge in [-0.05, 0) is 15.9 Å². The Hall–Kier alpha value is 0.0300. The number of allylic oxidation sites excluding steroid dienone is 2. The van der Waals surface area contributed by atoms with E-state index in [1.165, 1.54) is 0 Å². The van der Waals surface area contributed by atoms with Crippen LogP contribution in [0.15, 0.2) is 22.7 Å². The molecule has 5 heteroatoms. The fourth-order valence-corrected chi connectivity index (χ4v) is 5.33. The third kappa shape index (κ3) is 1.01. The Balaban J connectivity index is 1.89. The van der Waals surface area contributed by atoms with Gasteiger partial charge in [0.1, 0.15) is 4.32 Å². The van der Waals surface area contributed by atoms with Gasteiger partial charge in [0.25, 0.3) is 0 Å². The summed E-state index contributed by atoms with van der Waals surface area (Å²) >= 11 is 7.12. The third-order valence-corrected chi connectivity index (χ3v) is 6.36. The number of ether oxygens (including phenoxy) is 2. The first-order chi connectivity index (χ1) is 8.10. The lowest BCUT2D eigenvalue weighted by molar-refractivity contribution is -0.177. The van der Waals surface area contributed by atoms with Crippen molar-refractivity contribution in [1.82, 2.24) is 0 Å². The number of hydrogen-bond donors (Lipinski definition) is 0. The highest BCUT2D eigenvalue weighted by Gasteiger charge is 2.75. The van der Waals surface area contributed by atoms with Gasteiger partial charge in [0, 0.05) is 17.8 Å². The maximum atomic E-state index is 12.2. The fraction of sp³-hybridized carbons (Fsp3) is 0.583. The second kappa shape index (κ2) is 3.13. The molecule has 1 heterocycles. The van der Waals surface area contributed by atoms with Gasteiger partial charge in [-0.1, -0.05) is 34.2 Å². The van der Waals surface area contributed by atoms with Crippen molar-refractivity contribution in [2.75, 3.05) is 13.2 Å². The number of hydrogen-bond acceptors (Lipinski definition) is 3. The van der Waals surface area contributed by atoms with Crippen molar-refractivity contribution in [3.63, 3.8) is 0 Å². The van der Waals surface area contributed by atoms with E-state index in [1.54, 1.807) is 0 Å². The Morgan fingerprint density at radius 1 is 1.29 bits per heavy atom. The van der Waals surface area contributed by atoms with Crippen LogP contribution >= 0.6 is 31.9 Å². The van der Waals surface area contributed by atoms with Crippen molar-refractivity contribution in [2.45, 2.75) is 10.1 Å². The zero-order chi connectivity index (χ0) is 11.8. The Labute approximate surface area is 115 Å². The molecule has 4 atom stereocenters. The Morgan fingerprint density at radius 3 is 2.65 bits per heavy atom. The zero-order valence-electron chi connectivity index (χ0n) is 8.86. The lowest BCUT2D eigenvalue weighted by Crippen LogP contribution is -2.48. The summed E-state index contributed by atoms with van der Waals surface area (Å²) in [5.74, 6) is -0.399. The highest BCUT2D eigenvalue weighted by Crippen LogP contribution is 2.67. The molecule has 1 spiro atoms. The van der Waals surface area contributed by atoms with Crippen LogP contribution in [0.4, 0.5) is 0 Å². The lowest BCUT2D eigenvalue weighted by Gasteiger charge is -2.35. The van der Waals surface area contributed by atoms with E-state index in [4.69, 9.17) is 9.47 Å². The molecule has 2 bridgehead atoms. The van der Waals surface area contributed by atoms with Crippen LogP contribution in [0, 0.1) is 17.8 Å². The highest BCUT2D eigenvalue weighted by molar-refractivity contribution is 9.12. The van der Waals surface area contributed by atoms with E-state index in [0.717, 1.165) is 0 Å². The van der Waals surface area contributed by atoms with Crippen molar-refractivity contribution in [3.05, 3.63) is 22.7 Å². The molecule has 0 amide bonds. The molecular weight excluding hydrogens is 352 g/mol. The van der Waals surface area contributed by atoms with Gasteiger partial charge in [-0.3, -0.25) is 4.79 Å². The molecule has 2 fully saturated rings. The maximum absolute atomic E-state index is 12.2. The first-order valence-corrected chi connectivity index (χ1v) is 7.26. The molecule has 0 radical (unpaired) electrons. The minimum atomic E-state index is -0.664. The van der Waals surface area contributed by atoms with Crippen LogP contribution < -0.4 is 0 Å². The molecule has 4 aliphatic rings. The molecule has 1 saturated heterocycles. The Kier molecular flexibility index (Phi) is 2.01. The van der Waals surface area contributed by atoms with Gasteiger partial charge in [-0.25, -0.2) is 0 Å². The Morgan fingerprint density at radius 2 is 2.00 bits per heavy atom. The predicted molar refractivity (Wildman–Crippen MR) is 67.9 cm³/mol. The summed E-state index contributed by atoms with van der Waals surface area (Å²) in [6.07, 6.45) is 6.16. The van der Waals surface area contributed by atoms with Gasteiger partial charge < -0.3 is 9.47 Å². The predicted octanol–water partition coefficient (Wildman–Crippen LogP) is 2.16. The molecular formula is C12H10Br2O3. The summed E-state index contributed by atoms with van der Waals surface area (Å²) in [4.78, 5) is 12.2. The van der Waals surface area contributed by atoms with Crippen LogP contribution in [0.2, 0.25) is 0 Å². The second-order valence-electron chi connectivity index (χ2n) is 4.95. The molecule has 3 nitrogen and oxygen atoms in total. The summed E-state index contributed by atoms with van der Waals surface area (Å²) < 4.78 is 12.1. The average Bonchev–Trinajstić information content (AvgIpc) is 2.99. The average molecular weight is 362 g/mol. The van der Waals surface area contributed by atoms with Crippen LogP contribution in [0.3, 0.4) is 0 Å². The molecule has 0 N–H and O–H groups in total. The largest absolute Gasteiger partial charge is 0.345 e. The molecule has 0 aromatic heterocycles. The maximum Gasteiger partial charge on any atom is 0.195 e. The van der Waals surface area contributed by atoms with E-state index < -0.39 is 10.1 Å². The number of alkyl halides is 1. The summed E-state index contributed by atoms with van der Waals surface area (Å²) in [7, 11) is 0. The van der Waals surface area contributed by atoms with Crippen LogP contribution in [-0.4, -0.2) is 29.1 Å². The van der Waals surface area contributed by atoms with Crippen LogP contribution in [0.25, 0.3) is 0 Å². The first-order valence-electron chi connectivity index (χ1n) is 5.68. The second-order valence-corrected chi connectivity index (χ2v) is 7.11. The van der Waals surface area contributed by atoms with Gasteiger partial charge in [0.05, 0.1) is 17.7 Å². The van der Waals surface area contributed by atoms with E-state index in [2.05, 4.69) is 44.0 Å². The number of carbonyl (C=O) groups excluding carboxylic acids is 1. The standard InChI is InChI=1S/C12H10Br2O3/c13-8-5-7-9(10(8)15)6-1-2-11(7,14)12(6)16-3-4-17-12/h1-2,5-7,9H,3-4H2/t6-,7+,9+,11+/m1/s1. The summed E-state index contributed by atoms with van der Waals surface area (Å²) in [5, 5.41) is 0. The summed E-state index contributed by atoms with van der Waals surface area (Å²) in [6, 6.07) is 0. The van der Waals surface area contributed by atoms with Crippen molar-refractivity contribution >= 4 is 37.6 Å². The third-order valence-electron chi connectivity index (χ3n) is 4.36. The Bertz CT molecular complexity index is 478. The number of fused-ring (bicyclic) bond motifs is 3. The normalized spacial score (nSPS) is 49.2. The number of halogens is 2. The van der Waals surface area contributed by atoms with E-state index in [9.17, 15) is 4.79 Å². The van der Waals surface area contributed by atoms with Crippen molar-refractivity contribution in [3.8, 4) is 0 Å². The number of carbonyl (C=O) groups is 1. The molecule has 3 aliphatic carbocycles. The molecule has 17 heavy (non-hydrogen) atoms. The molecule has 1 saturated carbocycles. The molecule has 4 rings (SSSR count). The van der Waals surface area contributed by atoms with Crippen molar-refractivity contribution < 1.29 is 14.3 Å². The van der Waals surface area contributed by atoms with Gasteiger partial charge in [-0.2, -0.15) is 0 Å². The molecule has 0 unspecified atom stereocenters. The van der Waals surface area contributed by atoms with Gasteiger partial charge >= 0.3 is 0 Å². The van der Waals surface area contributed by atoms with Crippen molar-refractivity contribution in [1.29, 1.82) is 0 Å². The van der Waals surface area contributed by atoms with Gasteiger partial charge in [-0.15, -0.1) is 0 Å². The summed E-state index contributed by atoms with van der Waals surface area (Å²) in [6.45, 7) is 1.20. The van der Waals surface area contributed by atoms with Crippen LogP contribution in [0.1, 0.15) is 0 Å². The number of Topliss-reactive ketones (excluding diaryl/α,β-unsaturated/α-hetero) is 1. The van der Waals surface area contributed by atoms with E-state index in [-0.39, 0.29) is 23.5 Å². The van der Waals surface area contributed by atoms with E-state index in [1.807, 2.05) is 6.08 Å². The van der Waals surface area contributed by atoms with Crippen molar-refractivity contribution in [2.24, 2.45) is 17.8 Å². The minimum Gasteiger partial charge on any atom is -0.345 e. The minimum absolute atomic E-state index is 0.0215. The molecule has 0 aromatic carbocycles. The van der Waals surface area contributed by atoms with Gasteiger partial charge in [0.15, 0.2) is 11.6 Å². The zero-order valence-corrected chi connectivity index (χ0v) is 12.0. The van der Waals surface area contributed by atoms with E-state index in [0.29, 0.717) is 17.7 Å². The molecule has 90 valence electrons. The van der Waals surface area contributed by atoms with Gasteiger partial charge in [0.2, 0.25) is 0 Å². The SMILES string of the molecule is O=C1C(Br)=C[C@H]2[C@@H]1[C@H]1C=C[C@@]2(Br)C12OCCO2. The van der Waals surface area contributed by atoms with Crippen LogP contribution in [0.5, 0.6) is 0 Å². The lowest BCUT2D eigenvalue weighted by atomic mass is 9.85. The number of ketones is 1. The monoisotopic (exact) mass is 360 g/mol. The van der Waals surface area contributed by atoms with Crippen LogP contribution in [-0.2, 0) is 14.3 Å². The summed E-state index contributed by atoms with van der Waals surface area (Å²) in [5.41, 5.74) is 0. The topological polar surface area (TPSA) is 35.5 Å². The fourth-order valence-electron chi connectivity index (χ4n) is 3.72. The molecule has 0 aromatic rings. The van der Waals surface area contributed by atoms with E-state index >= 15 is 0 Å². The number of rotatable bonds is 0. The first kappa shape index (κ1) is 10.9. The highest BCUT2D eigenvalue weighted by atomic mass is 79.9. The molecule has 1 aliphatic heterocycles. The quantitative estimate of drug-likeness (QED) is 0.490. The smallest absolute Gasteiger partial charge is 0.195 e.